The van der Waals surface area contributed by atoms with Crippen molar-refractivity contribution in [2.75, 3.05) is 4.90 Å². The molecule has 1 fully saturated rings. The Labute approximate surface area is 164 Å². The molecule has 3 rings (SSSR count). The minimum Gasteiger partial charge on any atom is -0.479 e. The number of hydrogen-bond donors (Lipinski definition) is 1. The largest absolute Gasteiger partial charge is 0.479 e. The molecule has 1 amide bonds. The van der Waals surface area contributed by atoms with Crippen molar-refractivity contribution in [3.8, 4) is 5.75 Å². The zero-order chi connectivity index (χ0) is 19.6. The lowest BCUT2D eigenvalue weighted by Crippen LogP contribution is -2.27. The molecule has 0 aromatic heterocycles. The van der Waals surface area contributed by atoms with Gasteiger partial charge in [-0.3, -0.25) is 9.69 Å². The topological polar surface area (TPSA) is 66.8 Å². The fourth-order valence-electron chi connectivity index (χ4n) is 2.35. The Morgan fingerprint density at radius 2 is 2.00 bits per heavy atom. The van der Waals surface area contributed by atoms with Crippen molar-refractivity contribution < 1.29 is 23.8 Å². The van der Waals surface area contributed by atoms with Crippen molar-refractivity contribution in [2.24, 2.45) is 0 Å². The number of aliphatic carboxylic acids is 1. The Hall–Kier alpha value is -2.71. The molecule has 1 aliphatic heterocycles. The Bertz CT molecular complexity index is 943. The van der Waals surface area contributed by atoms with E-state index in [9.17, 15) is 14.0 Å². The fraction of sp³-hybridized carbons (Fsp3) is 0.105. The smallest absolute Gasteiger partial charge is 0.344 e. The van der Waals surface area contributed by atoms with Crippen molar-refractivity contribution in [1.29, 1.82) is 0 Å². The van der Waals surface area contributed by atoms with Gasteiger partial charge in [-0.1, -0.05) is 42.2 Å². The lowest BCUT2D eigenvalue weighted by molar-refractivity contribution is -0.144. The van der Waals surface area contributed by atoms with Gasteiger partial charge in [-0.2, -0.15) is 0 Å². The Kier molecular flexibility index (Phi) is 5.57. The Morgan fingerprint density at radius 1 is 1.30 bits per heavy atom. The molecule has 2 aromatic rings. The summed E-state index contributed by atoms with van der Waals surface area (Å²) in [7, 11) is 0. The molecule has 1 aliphatic rings. The molecule has 2 aromatic carbocycles. The van der Waals surface area contributed by atoms with Crippen LogP contribution in [0.2, 0.25) is 0 Å². The molecule has 8 heteroatoms. The highest BCUT2D eigenvalue weighted by Crippen LogP contribution is 2.36. The van der Waals surface area contributed by atoms with Gasteiger partial charge >= 0.3 is 5.97 Å². The molecule has 27 heavy (non-hydrogen) atoms. The van der Waals surface area contributed by atoms with Crippen LogP contribution < -0.4 is 9.64 Å². The van der Waals surface area contributed by atoms with Gasteiger partial charge in [0, 0.05) is 0 Å². The summed E-state index contributed by atoms with van der Waals surface area (Å²) in [4.78, 5) is 25.2. The first-order valence-corrected chi connectivity index (χ1v) is 9.10. The van der Waals surface area contributed by atoms with Crippen LogP contribution in [-0.4, -0.2) is 27.4 Å². The van der Waals surface area contributed by atoms with Gasteiger partial charge in [0.1, 0.15) is 11.6 Å². The van der Waals surface area contributed by atoms with Gasteiger partial charge in [-0.05, 0) is 48.9 Å². The highest BCUT2D eigenvalue weighted by atomic mass is 32.2. The number of ether oxygens (including phenoxy) is 1. The fourth-order valence-corrected chi connectivity index (χ4v) is 3.65. The van der Waals surface area contributed by atoms with Gasteiger partial charge in [0.25, 0.3) is 5.91 Å². The predicted molar refractivity (Wildman–Crippen MR) is 106 cm³/mol. The molecule has 0 saturated carbocycles. The van der Waals surface area contributed by atoms with Crippen LogP contribution in [0.15, 0.2) is 53.4 Å². The zero-order valence-electron chi connectivity index (χ0n) is 14.1. The third-order valence-electron chi connectivity index (χ3n) is 3.70. The van der Waals surface area contributed by atoms with Gasteiger partial charge in [0.15, 0.2) is 10.4 Å². The summed E-state index contributed by atoms with van der Waals surface area (Å²) in [5.74, 6) is -1.42. The molecule has 0 aliphatic carbocycles. The van der Waals surface area contributed by atoms with E-state index in [4.69, 9.17) is 22.1 Å². The van der Waals surface area contributed by atoms with Crippen LogP contribution in [0.1, 0.15) is 12.5 Å². The van der Waals surface area contributed by atoms with Gasteiger partial charge in [-0.25, -0.2) is 9.18 Å². The lowest BCUT2D eigenvalue weighted by atomic mass is 10.2. The number of carboxylic acid groups (broad SMARTS) is 1. The second-order valence-electron chi connectivity index (χ2n) is 5.66. The number of amides is 1. The molecule has 1 atom stereocenters. The molecule has 1 saturated heterocycles. The number of carbonyl (C=O) groups excluding carboxylic acids is 1. The maximum Gasteiger partial charge on any atom is 0.344 e. The number of nitrogens with zero attached hydrogens (tertiary/aromatic N) is 1. The van der Waals surface area contributed by atoms with Crippen LogP contribution in [0.4, 0.5) is 10.1 Å². The van der Waals surface area contributed by atoms with E-state index in [1.54, 1.807) is 36.4 Å². The Morgan fingerprint density at radius 3 is 2.63 bits per heavy atom. The number of anilines is 1. The predicted octanol–water partition coefficient (Wildman–Crippen LogP) is 4.08. The van der Waals surface area contributed by atoms with E-state index >= 15 is 0 Å². The average Bonchev–Trinajstić information content (AvgIpc) is 2.90. The minimum atomic E-state index is -1.06. The van der Waals surface area contributed by atoms with E-state index < -0.39 is 17.9 Å². The zero-order valence-corrected chi connectivity index (χ0v) is 15.7. The van der Waals surface area contributed by atoms with Crippen LogP contribution in [0.5, 0.6) is 5.75 Å². The molecule has 1 unspecified atom stereocenters. The summed E-state index contributed by atoms with van der Waals surface area (Å²) in [6.45, 7) is 1.44. The quantitative estimate of drug-likeness (QED) is 0.599. The van der Waals surface area contributed by atoms with Gasteiger partial charge in [-0.15, -0.1) is 0 Å². The summed E-state index contributed by atoms with van der Waals surface area (Å²) < 4.78 is 19.0. The third kappa shape index (κ3) is 4.35. The number of benzene rings is 2. The van der Waals surface area contributed by atoms with E-state index in [0.29, 0.717) is 20.7 Å². The molecule has 5 nitrogen and oxygen atoms in total. The van der Waals surface area contributed by atoms with Crippen molar-refractivity contribution in [3.63, 3.8) is 0 Å². The number of carboxylic acids is 1. The average molecular weight is 403 g/mol. The number of thiocarbonyl (C=S) groups is 1. The van der Waals surface area contributed by atoms with Gasteiger partial charge in [0.2, 0.25) is 0 Å². The molecule has 1 heterocycles. The van der Waals surface area contributed by atoms with E-state index in [1.807, 2.05) is 0 Å². The Balaban J connectivity index is 1.78. The van der Waals surface area contributed by atoms with Gasteiger partial charge in [0.05, 0.1) is 10.6 Å². The molecule has 138 valence electrons. The maximum atomic E-state index is 13.4. The van der Waals surface area contributed by atoms with Gasteiger partial charge < -0.3 is 9.84 Å². The number of thioether (sulfide) groups is 1. The van der Waals surface area contributed by atoms with Crippen LogP contribution in [-0.2, 0) is 9.59 Å². The van der Waals surface area contributed by atoms with Crippen molar-refractivity contribution in [1.82, 2.24) is 0 Å². The third-order valence-corrected chi connectivity index (χ3v) is 5.00. The summed E-state index contributed by atoms with van der Waals surface area (Å²) in [5, 5.41) is 8.86. The first-order chi connectivity index (χ1) is 12.8. The number of carbonyl (C=O) groups is 2. The van der Waals surface area contributed by atoms with Crippen LogP contribution >= 0.6 is 24.0 Å². The normalized spacial score (nSPS) is 16.7. The number of rotatable bonds is 5. The number of halogens is 1. The highest BCUT2D eigenvalue weighted by Gasteiger charge is 2.33. The van der Waals surface area contributed by atoms with Crippen molar-refractivity contribution >= 4 is 51.9 Å². The monoisotopic (exact) mass is 403 g/mol. The number of hydrogen-bond acceptors (Lipinski definition) is 5. The van der Waals surface area contributed by atoms with E-state index in [1.165, 1.54) is 30.0 Å². The highest BCUT2D eigenvalue weighted by molar-refractivity contribution is 8.27. The van der Waals surface area contributed by atoms with Crippen molar-refractivity contribution in [3.05, 3.63) is 64.8 Å². The SMILES string of the molecule is CC(Oc1ccc(/C=C2/SC(=S)N(c3cccc(F)c3)C2=O)cc1)C(=O)O. The maximum absolute atomic E-state index is 13.4. The first-order valence-electron chi connectivity index (χ1n) is 7.88. The van der Waals surface area contributed by atoms with E-state index in [0.717, 1.165) is 17.3 Å². The molecular weight excluding hydrogens is 389 g/mol. The molecule has 0 radical (unpaired) electrons. The molecule has 0 spiro atoms. The summed E-state index contributed by atoms with van der Waals surface area (Å²) in [6, 6.07) is 12.3. The molecular formula is C19H14FNO4S2. The second-order valence-corrected chi connectivity index (χ2v) is 7.34. The van der Waals surface area contributed by atoms with Crippen LogP contribution in [0.25, 0.3) is 6.08 Å². The van der Waals surface area contributed by atoms with E-state index in [-0.39, 0.29) is 5.91 Å². The first kappa shape index (κ1) is 19.1. The minimum absolute atomic E-state index is 0.324. The lowest BCUT2D eigenvalue weighted by Gasteiger charge is -2.14. The summed E-state index contributed by atoms with van der Waals surface area (Å²) in [6.07, 6.45) is 0.710. The van der Waals surface area contributed by atoms with Crippen molar-refractivity contribution in [2.45, 2.75) is 13.0 Å². The summed E-state index contributed by atoms with van der Waals surface area (Å²) >= 11 is 6.39. The van der Waals surface area contributed by atoms with E-state index in [2.05, 4.69) is 0 Å². The van der Waals surface area contributed by atoms with Crippen LogP contribution in [0.3, 0.4) is 0 Å². The molecule has 0 bridgehead atoms. The second kappa shape index (κ2) is 7.89. The molecule has 1 N–H and O–H groups in total. The summed E-state index contributed by atoms with van der Waals surface area (Å²) in [5.41, 5.74) is 1.11. The van der Waals surface area contributed by atoms with Crippen LogP contribution in [0, 0.1) is 5.82 Å². The standard InChI is InChI=1S/C19H14FNO4S2/c1-11(18(23)24)25-15-7-5-12(6-8-15)9-16-17(22)21(19(26)27-16)14-4-2-3-13(20)10-14/h2-11H,1H3,(H,23,24)/b16-9+.